The van der Waals surface area contributed by atoms with E-state index in [1.165, 1.54) is 148 Å². The summed E-state index contributed by atoms with van der Waals surface area (Å²) in [7, 11) is 1.86. The molecule has 0 aromatic heterocycles. The number of carbonyl (C=O) groups excluding carboxylic acids is 1. The minimum atomic E-state index is -0.612. The number of rotatable bonds is 43. The van der Waals surface area contributed by atoms with Gasteiger partial charge in [0.25, 0.3) is 0 Å². The van der Waals surface area contributed by atoms with Gasteiger partial charge in [0.2, 0.25) is 0 Å². The van der Waals surface area contributed by atoms with Gasteiger partial charge in [-0.2, -0.15) is 0 Å². The van der Waals surface area contributed by atoms with E-state index in [-0.39, 0.29) is 12.1 Å². The van der Waals surface area contributed by atoms with Crippen molar-refractivity contribution >= 4 is 23.3 Å². The van der Waals surface area contributed by atoms with Crippen LogP contribution in [0.1, 0.15) is 233 Å². The molecule has 0 spiro atoms. The van der Waals surface area contributed by atoms with E-state index in [1.54, 1.807) is 0 Å². The summed E-state index contributed by atoms with van der Waals surface area (Å²) in [6.45, 7) is 11.6. The van der Waals surface area contributed by atoms with Gasteiger partial charge in [-0.3, -0.25) is 4.79 Å². The molecule has 1 atom stereocenters. The van der Waals surface area contributed by atoms with Gasteiger partial charge in [-0.25, -0.2) is 0 Å². The number of ether oxygens (including phenoxy) is 2. The Labute approximate surface area is 342 Å². The minimum Gasteiger partial charge on any atom is -0.466 e. The predicted molar refractivity (Wildman–Crippen MR) is 237 cm³/mol. The second-order valence-corrected chi connectivity index (χ2v) is 16.5. The van der Waals surface area contributed by atoms with Gasteiger partial charge in [-0.1, -0.05) is 168 Å². The lowest BCUT2D eigenvalue weighted by Crippen LogP contribution is -2.35. The van der Waals surface area contributed by atoms with Crippen molar-refractivity contribution in [2.24, 2.45) is 0 Å². The van der Waals surface area contributed by atoms with E-state index in [0.717, 1.165) is 89.1 Å². The van der Waals surface area contributed by atoms with E-state index in [4.69, 9.17) is 21.7 Å². The Morgan fingerprint density at radius 3 is 1.52 bits per heavy atom. The fourth-order valence-corrected chi connectivity index (χ4v) is 7.37. The maximum atomic E-state index is 12.1. The molecule has 0 saturated carbocycles. The summed E-state index contributed by atoms with van der Waals surface area (Å²) in [5.74, 6) is -0.0168. The zero-order valence-electron chi connectivity index (χ0n) is 36.6. The third-order valence-corrected chi connectivity index (χ3v) is 11.2. The maximum absolute atomic E-state index is 12.1. The molecule has 0 saturated heterocycles. The molecule has 0 aliphatic carbocycles. The van der Waals surface area contributed by atoms with Crippen molar-refractivity contribution in [2.75, 3.05) is 39.8 Å². The van der Waals surface area contributed by atoms with Crippen LogP contribution in [-0.4, -0.2) is 73.3 Å². The van der Waals surface area contributed by atoms with Gasteiger partial charge in [0, 0.05) is 20.0 Å². The second-order valence-electron chi connectivity index (χ2n) is 16.1. The summed E-state index contributed by atoms with van der Waals surface area (Å²) in [6, 6.07) is 0. The number of unbranched alkanes of at least 4 members (excludes halogenated alkanes) is 23. The highest BCUT2D eigenvalue weighted by Gasteiger charge is 2.15. The first kappa shape index (κ1) is 53.0. The fraction of sp³-hybridized carbons (Fsp3) is 0.957. The molecule has 322 valence electrons. The normalized spacial score (nSPS) is 12.1. The van der Waals surface area contributed by atoms with Crippen LogP contribution in [0.5, 0.6) is 0 Å². The predicted octanol–water partition coefficient (Wildman–Crippen LogP) is 12.6. The number of aliphatic hydroxyl groups is 1. The van der Waals surface area contributed by atoms with Crippen molar-refractivity contribution in [3.8, 4) is 0 Å². The highest BCUT2D eigenvalue weighted by molar-refractivity contribution is 7.80. The Hall–Kier alpha value is -0.960. The molecular formula is C46H93N3O4S. The number of aliphatic hydroxyl groups excluding tert-OH is 1. The standard InChI is InChI=1S/C46H93N3O4S/c1-5-8-11-14-19-26-34-43(35-27-20-15-12-9-6-2)53-45(51)37-29-22-18-24-31-40-49(41-33-38-48-46(54)47-4)39-30-23-17-21-28-36-44(50)52-42-32-25-16-13-10-7-3/h43,45,51H,5-42H2,1-4H3,(H2,47,48,54). The van der Waals surface area contributed by atoms with Gasteiger partial charge >= 0.3 is 5.97 Å². The molecule has 0 radical (unpaired) electrons. The van der Waals surface area contributed by atoms with Gasteiger partial charge in [0.15, 0.2) is 11.4 Å². The Balaban J connectivity index is 4.30. The molecule has 0 aromatic rings. The van der Waals surface area contributed by atoms with Crippen LogP contribution in [0.15, 0.2) is 0 Å². The number of hydrogen-bond acceptors (Lipinski definition) is 6. The molecule has 0 aliphatic rings. The van der Waals surface area contributed by atoms with E-state index < -0.39 is 6.29 Å². The van der Waals surface area contributed by atoms with Crippen LogP contribution in [-0.2, 0) is 14.3 Å². The first-order chi connectivity index (χ1) is 26.5. The van der Waals surface area contributed by atoms with Crippen molar-refractivity contribution in [1.82, 2.24) is 15.5 Å². The molecule has 0 rings (SSSR count). The monoisotopic (exact) mass is 784 g/mol. The van der Waals surface area contributed by atoms with E-state index in [9.17, 15) is 9.90 Å². The molecule has 7 nitrogen and oxygen atoms in total. The molecule has 1 unspecified atom stereocenters. The molecule has 0 aliphatic heterocycles. The summed E-state index contributed by atoms with van der Waals surface area (Å²) in [5, 5.41) is 17.8. The number of esters is 1. The molecular weight excluding hydrogens is 691 g/mol. The summed E-state index contributed by atoms with van der Waals surface area (Å²) in [5.41, 5.74) is 0. The lowest BCUT2D eigenvalue weighted by atomic mass is 10.0. The Morgan fingerprint density at radius 1 is 0.574 bits per heavy atom. The fourth-order valence-electron chi connectivity index (χ4n) is 7.26. The average Bonchev–Trinajstić information content (AvgIpc) is 3.17. The Morgan fingerprint density at radius 2 is 1.00 bits per heavy atom. The van der Waals surface area contributed by atoms with Crippen molar-refractivity contribution in [2.45, 2.75) is 245 Å². The SMILES string of the molecule is CCCCCCCCOC(=O)CCCCCCCN(CCCCCCCC(O)OC(CCCCCCCC)CCCCCCCC)CCCNC(=S)NC. The van der Waals surface area contributed by atoms with Crippen LogP contribution in [0.2, 0.25) is 0 Å². The van der Waals surface area contributed by atoms with Crippen molar-refractivity contribution < 1.29 is 19.4 Å². The molecule has 3 N–H and O–H groups in total. The van der Waals surface area contributed by atoms with Crippen LogP contribution in [0.3, 0.4) is 0 Å². The van der Waals surface area contributed by atoms with E-state index in [2.05, 4.69) is 36.3 Å². The number of nitrogens with one attached hydrogen (secondary N) is 2. The van der Waals surface area contributed by atoms with Crippen molar-refractivity contribution in [3.63, 3.8) is 0 Å². The average molecular weight is 784 g/mol. The number of hydrogen-bond donors (Lipinski definition) is 3. The smallest absolute Gasteiger partial charge is 0.305 e. The van der Waals surface area contributed by atoms with E-state index in [1.807, 2.05) is 7.05 Å². The molecule has 0 fully saturated rings. The Bertz CT molecular complexity index is 773. The van der Waals surface area contributed by atoms with Gasteiger partial charge < -0.3 is 30.1 Å². The summed E-state index contributed by atoms with van der Waals surface area (Å²) >= 11 is 5.25. The van der Waals surface area contributed by atoms with Crippen LogP contribution in [0.4, 0.5) is 0 Å². The van der Waals surface area contributed by atoms with Gasteiger partial charge in [0.1, 0.15) is 0 Å². The quantitative estimate of drug-likeness (QED) is 0.0244. The molecule has 0 heterocycles. The highest BCUT2D eigenvalue weighted by Crippen LogP contribution is 2.20. The summed E-state index contributed by atoms with van der Waals surface area (Å²) in [4.78, 5) is 14.7. The molecule has 0 aromatic carbocycles. The largest absolute Gasteiger partial charge is 0.466 e. The van der Waals surface area contributed by atoms with Crippen molar-refractivity contribution in [3.05, 3.63) is 0 Å². The van der Waals surface area contributed by atoms with E-state index in [0.29, 0.717) is 13.0 Å². The maximum Gasteiger partial charge on any atom is 0.305 e. The zero-order valence-corrected chi connectivity index (χ0v) is 37.4. The first-order valence-electron chi connectivity index (χ1n) is 23.6. The van der Waals surface area contributed by atoms with Gasteiger partial charge in [-0.05, 0) is 89.6 Å². The highest BCUT2D eigenvalue weighted by atomic mass is 32.1. The topological polar surface area (TPSA) is 83.1 Å². The summed E-state index contributed by atoms with van der Waals surface area (Å²) < 4.78 is 11.7. The molecule has 8 heteroatoms. The second kappa shape index (κ2) is 43.2. The molecule has 0 amide bonds. The molecule has 54 heavy (non-hydrogen) atoms. The van der Waals surface area contributed by atoms with Gasteiger partial charge in [-0.15, -0.1) is 0 Å². The van der Waals surface area contributed by atoms with Crippen LogP contribution < -0.4 is 10.6 Å². The van der Waals surface area contributed by atoms with Crippen LogP contribution in [0.25, 0.3) is 0 Å². The minimum absolute atomic E-state index is 0.0168. The van der Waals surface area contributed by atoms with Gasteiger partial charge in [0.05, 0.1) is 12.7 Å². The first-order valence-corrected chi connectivity index (χ1v) is 24.0. The Kier molecular flexibility index (Phi) is 42.4. The number of carbonyl (C=O) groups is 1. The lowest BCUT2D eigenvalue weighted by Gasteiger charge is -2.23. The van der Waals surface area contributed by atoms with E-state index >= 15 is 0 Å². The third-order valence-electron chi connectivity index (χ3n) is 10.8. The third kappa shape index (κ3) is 39.3. The number of nitrogens with zero attached hydrogens (tertiary/aromatic N) is 1. The number of thiocarbonyl (C=S) groups is 1. The zero-order chi connectivity index (χ0) is 39.6. The van der Waals surface area contributed by atoms with Crippen molar-refractivity contribution in [1.29, 1.82) is 0 Å². The summed E-state index contributed by atoms with van der Waals surface area (Å²) in [6.07, 6.45) is 38.8. The lowest BCUT2D eigenvalue weighted by molar-refractivity contribution is -0.144. The molecule has 0 bridgehead atoms. The van der Waals surface area contributed by atoms with Crippen LogP contribution >= 0.6 is 12.2 Å². The van der Waals surface area contributed by atoms with Crippen LogP contribution in [0, 0.1) is 0 Å².